The van der Waals surface area contributed by atoms with Crippen LogP contribution >= 0.6 is 0 Å². The summed E-state index contributed by atoms with van der Waals surface area (Å²) in [4.78, 5) is 24.2. The number of nitrogens with zero attached hydrogens (tertiary/aromatic N) is 5. The highest BCUT2D eigenvalue weighted by Crippen LogP contribution is 2.28. The van der Waals surface area contributed by atoms with E-state index in [0.29, 0.717) is 12.0 Å². The van der Waals surface area contributed by atoms with Crippen molar-refractivity contribution in [2.24, 2.45) is 0 Å². The van der Waals surface area contributed by atoms with Gasteiger partial charge < -0.3 is 26.2 Å². The lowest BCUT2D eigenvalue weighted by atomic mass is 10.2. The standard InChI is InChI=1S/C13H21N3.C8H17NO.C5H7N3.C2H6/c1-10-4-5-12(14)13(8-10)16-7-6-11(9-16)15(2)3;1-3-5-6-7-9(4-2)8-10;1-4-2-7-5(6)8-3-4;1-2/h4-5,8,11H,6-7,9,14H2,1-3H3;8H,3-7H2,1-2H3;2-3H,1H3,(H2,6,7,8);1-2H3. The summed E-state index contributed by atoms with van der Waals surface area (Å²) in [5.74, 6) is 0.329. The van der Waals surface area contributed by atoms with Gasteiger partial charge >= 0.3 is 0 Å². The zero-order chi connectivity index (χ0) is 27.5. The number of nitrogen functional groups attached to an aromatic ring is 2. The number of aromatic nitrogens is 2. The van der Waals surface area contributed by atoms with E-state index in [1.165, 1.54) is 30.5 Å². The summed E-state index contributed by atoms with van der Waals surface area (Å²) in [6, 6.07) is 6.92. The first-order chi connectivity index (χ1) is 17.2. The van der Waals surface area contributed by atoms with Crippen LogP contribution in [-0.2, 0) is 4.79 Å². The van der Waals surface area contributed by atoms with Crippen molar-refractivity contribution >= 4 is 23.7 Å². The molecule has 1 fully saturated rings. The Labute approximate surface area is 220 Å². The van der Waals surface area contributed by atoms with E-state index < -0.39 is 0 Å². The minimum atomic E-state index is 0.329. The van der Waals surface area contributed by atoms with Crippen LogP contribution in [0.3, 0.4) is 0 Å². The molecule has 1 saturated heterocycles. The van der Waals surface area contributed by atoms with Gasteiger partial charge in [0.25, 0.3) is 0 Å². The molecular formula is C28H51N7O. The monoisotopic (exact) mass is 501 g/mol. The number of nitrogens with two attached hydrogens (primary N) is 2. The number of unbranched alkanes of at least 4 members (excludes halogenated alkanes) is 2. The number of likely N-dealkylation sites (N-methyl/N-ethyl adjacent to an activating group) is 1. The maximum Gasteiger partial charge on any atom is 0.219 e. The zero-order valence-electron chi connectivity index (χ0n) is 24.0. The Bertz CT molecular complexity index is 806. The van der Waals surface area contributed by atoms with Crippen LogP contribution in [0.25, 0.3) is 0 Å². The predicted molar refractivity (Wildman–Crippen MR) is 155 cm³/mol. The summed E-state index contributed by atoms with van der Waals surface area (Å²) >= 11 is 0. The molecule has 1 aliphatic heterocycles. The molecule has 1 aromatic heterocycles. The largest absolute Gasteiger partial charge is 0.397 e. The van der Waals surface area contributed by atoms with Crippen LogP contribution in [-0.4, -0.2) is 72.5 Å². The van der Waals surface area contributed by atoms with Crippen molar-refractivity contribution in [3.8, 4) is 0 Å². The van der Waals surface area contributed by atoms with Crippen LogP contribution < -0.4 is 16.4 Å². The second-order valence-corrected chi connectivity index (χ2v) is 8.97. The van der Waals surface area contributed by atoms with Crippen LogP contribution in [0.1, 0.15) is 64.5 Å². The highest BCUT2D eigenvalue weighted by atomic mass is 16.1. The van der Waals surface area contributed by atoms with Crippen molar-refractivity contribution in [2.75, 3.05) is 56.6 Å². The van der Waals surface area contributed by atoms with E-state index in [1.54, 1.807) is 17.3 Å². The van der Waals surface area contributed by atoms with Crippen molar-refractivity contribution in [1.29, 1.82) is 0 Å². The number of rotatable bonds is 8. The normalized spacial score (nSPS) is 14.0. The van der Waals surface area contributed by atoms with E-state index in [0.717, 1.165) is 50.3 Å². The van der Waals surface area contributed by atoms with Gasteiger partial charge in [-0.15, -0.1) is 0 Å². The number of benzene rings is 1. The molecule has 8 heteroatoms. The average Bonchev–Trinajstić information content (AvgIpc) is 3.38. The molecule has 36 heavy (non-hydrogen) atoms. The van der Waals surface area contributed by atoms with E-state index in [-0.39, 0.29) is 0 Å². The fraction of sp³-hybridized carbons (Fsp3) is 0.607. The van der Waals surface area contributed by atoms with Crippen LogP contribution in [0.15, 0.2) is 30.6 Å². The summed E-state index contributed by atoms with van der Waals surface area (Å²) in [7, 11) is 4.29. The third kappa shape index (κ3) is 13.3. The number of anilines is 3. The van der Waals surface area contributed by atoms with Gasteiger partial charge in [0.1, 0.15) is 0 Å². The number of carbonyl (C=O) groups is 1. The van der Waals surface area contributed by atoms with Crippen molar-refractivity contribution < 1.29 is 4.79 Å². The van der Waals surface area contributed by atoms with Crippen molar-refractivity contribution in [3.05, 3.63) is 41.7 Å². The van der Waals surface area contributed by atoms with Crippen LogP contribution in [0.4, 0.5) is 17.3 Å². The lowest BCUT2D eigenvalue weighted by Gasteiger charge is -2.23. The van der Waals surface area contributed by atoms with Gasteiger partial charge in [-0.3, -0.25) is 4.79 Å². The second kappa shape index (κ2) is 19.3. The Kier molecular flexibility index (Phi) is 17.8. The van der Waals surface area contributed by atoms with Gasteiger partial charge in [-0.2, -0.15) is 0 Å². The minimum absolute atomic E-state index is 0.329. The van der Waals surface area contributed by atoms with Gasteiger partial charge in [-0.25, -0.2) is 9.97 Å². The molecule has 3 rings (SSSR count). The van der Waals surface area contributed by atoms with Gasteiger partial charge in [-0.05, 0) is 71.0 Å². The summed E-state index contributed by atoms with van der Waals surface area (Å²) in [6.07, 6.45) is 9.10. The number of hydrogen-bond acceptors (Lipinski definition) is 7. The molecule has 1 atom stereocenters. The van der Waals surface area contributed by atoms with Crippen molar-refractivity contribution in [3.63, 3.8) is 0 Å². The van der Waals surface area contributed by atoms with E-state index in [9.17, 15) is 4.79 Å². The fourth-order valence-corrected chi connectivity index (χ4v) is 3.56. The first-order valence-corrected chi connectivity index (χ1v) is 13.2. The van der Waals surface area contributed by atoms with Crippen LogP contribution in [0.5, 0.6) is 0 Å². The minimum Gasteiger partial charge on any atom is -0.397 e. The van der Waals surface area contributed by atoms with E-state index in [4.69, 9.17) is 11.5 Å². The molecule has 8 nitrogen and oxygen atoms in total. The molecule has 1 aliphatic rings. The first-order valence-electron chi connectivity index (χ1n) is 13.2. The summed E-state index contributed by atoms with van der Waals surface area (Å²) < 4.78 is 0. The predicted octanol–water partition coefficient (Wildman–Crippen LogP) is 4.77. The average molecular weight is 502 g/mol. The molecule has 0 saturated carbocycles. The van der Waals surface area contributed by atoms with E-state index in [1.807, 2.05) is 33.8 Å². The Morgan fingerprint density at radius 3 is 2.17 bits per heavy atom. The van der Waals surface area contributed by atoms with Gasteiger partial charge in [-0.1, -0.05) is 39.7 Å². The second-order valence-electron chi connectivity index (χ2n) is 8.97. The molecule has 0 aliphatic carbocycles. The Balaban J connectivity index is 0.000000529. The van der Waals surface area contributed by atoms with Crippen LogP contribution in [0.2, 0.25) is 0 Å². The smallest absolute Gasteiger partial charge is 0.219 e. The molecule has 204 valence electrons. The summed E-state index contributed by atoms with van der Waals surface area (Å²) in [6.45, 7) is 16.2. The number of carbonyl (C=O) groups excluding carboxylic acids is 1. The van der Waals surface area contributed by atoms with Crippen molar-refractivity contribution in [1.82, 2.24) is 19.8 Å². The quantitative estimate of drug-likeness (QED) is 0.305. The molecule has 4 N–H and O–H groups in total. The molecular weight excluding hydrogens is 450 g/mol. The molecule has 1 aromatic carbocycles. The van der Waals surface area contributed by atoms with E-state index in [2.05, 4.69) is 59.8 Å². The fourth-order valence-electron chi connectivity index (χ4n) is 3.56. The number of hydrogen-bond donors (Lipinski definition) is 2. The van der Waals surface area contributed by atoms with E-state index >= 15 is 0 Å². The maximum atomic E-state index is 10.3. The molecule has 0 radical (unpaired) electrons. The van der Waals surface area contributed by atoms with Gasteiger partial charge in [0, 0.05) is 44.6 Å². The third-order valence-electron chi connectivity index (χ3n) is 5.83. The molecule has 0 bridgehead atoms. The van der Waals surface area contributed by atoms with Crippen LogP contribution in [0, 0.1) is 13.8 Å². The molecule has 1 unspecified atom stereocenters. The number of aryl methyl sites for hydroxylation is 2. The first kappa shape index (κ1) is 33.1. The summed E-state index contributed by atoms with van der Waals surface area (Å²) in [5, 5.41) is 0. The topological polar surface area (TPSA) is 105 Å². The highest BCUT2D eigenvalue weighted by Gasteiger charge is 2.25. The summed E-state index contributed by atoms with van der Waals surface area (Å²) in [5.41, 5.74) is 15.6. The molecule has 1 amide bonds. The van der Waals surface area contributed by atoms with Gasteiger partial charge in [0.2, 0.25) is 12.4 Å². The highest BCUT2D eigenvalue weighted by molar-refractivity contribution is 5.69. The maximum absolute atomic E-state index is 10.3. The Morgan fingerprint density at radius 2 is 1.69 bits per heavy atom. The lowest BCUT2D eigenvalue weighted by Crippen LogP contribution is -2.31. The zero-order valence-corrected chi connectivity index (χ0v) is 24.0. The molecule has 2 heterocycles. The van der Waals surface area contributed by atoms with Gasteiger partial charge in [0.15, 0.2) is 0 Å². The van der Waals surface area contributed by atoms with Gasteiger partial charge in [0.05, 0.1) is 11.4 Å². The third-order valence-corrected chi connectivity index (χ3v) is 5.83. The Morgan fingerprint density at radius 1 is 1.06 bits per heavy atom. The molecule has 0 spiro atoms. The lowest BCUT2D eigenvalue weighted by molar-refractivity contribution is -0.118. The molecule has 2 aromatic rings. The Hall–Kier alpha value is -2.87. The number of amides is 1. The SMILES string of the molecule is CC.CCCCCN(C=O)CC.Cc1ccc(N)c(N2CCC(N(C)C)C2)c1.Cc1cnc(N)nc1. The van der Waals surface area contributed by atoms with Crippen molar-refractivity contribution in [2.45, 2.75) is 73.3 Å².